The van der Waals surface area contributed by atoms with E-state index in [4.69, 9.17) is 4.74 Å². The molecule has 1 atom stereocenters. The molecule has 2 heterocycles. The number of aliphatic carboxylic acids is 1. The van der Waals surface area contributed by atoms with Gasteiger partial charge in [0.15, 0.2) is 6.73 Å². The first-order valence-corrected chi connectivity index (χ1v) is 10.9. The Balaban J connectivity index is 1.47. The zero-order valence-electron chi connectivity index (χ0n) is 17.5. The van der Waals surface area contributed by atoms with E-state index in [1.807, 2.05) is 17.5 Å². The lowest BCUT2D eigenvalue weighted by Crippen LogP contribution is -2.42. The van der Waals surface area contributed by atoms with Gasteiger partial charge in [0.2, 0.25) is 0 Å². The number of halogens is 1. The molecule has 170 valence electrons. The van der Waals surface area contributed by atoms with Gasteiger partial charge in [-0.2, -0.15) is 0 Å². The quantitative estimate of drug-likeness (QED) is 0.490. The van der Waals surface area contributed by atoms with Crippen molar-refractivity contribution < 1.29 is 28.6 Å². The fraction of sp³-hybridized carbons (Fsp3) is 0.174. The highest BCUT2D eigenvalue weighted by atomic mass is 32.1. The SMILES string of the molecule is CNc1cc2c(cc1F)C(=O)N(c1ccc(C(=O)NC(Cc3cccs3)C(=O)O)cc1)CO2. The third-order valence-electron chi connectivity index (χ3n) is 5.19. The molecule has 0 aliphatic carbocycles. The van der Waals surface area contributed by atoms with Gasteiger partial charge in [0, 0.05) is 35.7 Å². The molecule has 1 aliphatic rings. The van der Waals surface area contributed by atoms with Gasteiger partial charge in [0.25, 0.3) is 11.8 Å². The highest BCUT2D eigenvalue weighted by Gasteiger charge is 2.29. The Hall–Kier alpha value is -3.92. The summed E-state index contributed by atoms with van der Waals surface area (Å²) in [5, 5.41) is 16.5. The van der Waals surface area contributed by atoms with Crippen molar-refractivity contribution in [3.8, 4) is 5.75 Å². The van der Waals surface area contributed by atoms with E-state index in [0.717, 1.165) is 10.9 Å². The molecule has 0 radical (unpaired) electrons. The smallest absolute Gasteiger partial charge is 0.326 e. The number of amides is 2. The number of thiophene rings is 1. The minimum atomic E-state index is -1.13. The van der Waals surface area contributed by atoms with E-state index in [9.17, 15) is 23.9 Å². The van der Waals surface area contributed by atoms with Crippen molar-refractivity contribution in [2.45, 2.75) is 12.5 Å². The van der Waals surface area contributed by atoms with E-state index < -0.39 is 29.6 Å². The molecular weight excluding hydrogens is 449 g/mol. The Morgan fingerprint density at radius 3 is 2.64 bits per heavy atom. The number of ether oxygens (including phenoxy) is 1. The first kappa shape index (κ1) is 22.3. The number of hydrogen-bond acceptors (Lipinski definition) is 6. The van der Waals surface area contributed by atoms with Crippen LogP contribution in [0.4, 0.5) is 15.8 Å². The number of nitrogens with zero attached hydrogens (tertiary/aromatic N) is 1. The van der Waals surface area contributed by atoms with Gasteiger partial charge in [0.1, 0.15) is 17.6 Å². The van der Waals surface area contributed by atoms with Gasteiger partial charge >= 0.3 is 5.97 Å². The third-order valence-corrected chi connectivity index (χ3v) is 6.09. The molecule has 0 saturated heterocycles. The average Bonchev–Trinajstić information content (AvgIpc) is 3.32. The standard InChI is InChI=1S/C23H20FN3O5S/c1-25-18-11-20-16(10-17(18)24)22(29)27(12-32-20)14-6-4-13(5-7-14)21(28)26-19(23(30)31)9-15-3-2-8-33-15/h2-8,10-11,19,25H,9,12H2,1H3,(H,26,28)(H,30,31). The molecule has 3 N–H and O–H groups in total. The number of rotatable bonds is 7. The molecule has 0 saturated carbocycles. The summed E-state index contributed by atoms with van der Waals surface area (Å²) in [6.45, 7) is -0.0753. The number of carboxylic acid groups (broad SMARTS) is 1. The summed E-state index contributed by atoms with van der Waals surface area (Å²) in [7, 11) is 1.57. The first-order chi connectivity index (χ1) is 15.9. The van der Waals surface area contributed by atoms with E-state index in [2.05, 4.69) is 10.6 Å². The number of carbonyl (C=O) groups excluding carboxylic acids is 2. The molecule has 8 nitrogen and oxygen atoms in total. The number of nitrogens with one attached hydrogen (secondary N) is 2. The van der Waals surface area contributed by atoms with Crippen LogP contribution >= 0.6 is 11.3 Å². The Morgan fingerprint density at radius 1 is 1.24 bits per heavy atom. The number of hydrogen-bond donors (Lipinski definition) is 3. The van der Waals surface area contributed by atoms with Crippen LogP contribution in [-0.4, -0.2) is 42.7 Å². The maximum absolute atomic E-state index is 14.1. The molecular formula is C23H20FN3O5S. The summed E-state index contributed by atoms with van der Waals surface area (Å²) in [4.78, 5) is 39.2. The van der Waals surface area contributed by atoms with Gasteiger partial charge in [-0.1, -0.05) is 6.07 Å². The molecule has 10 heteroatoms. The number of carbonyl (C=O) groups is 3. The average molecular weight is 469 g/mol. The summed E-state index contributed by atoms with van der Waals surface area (Å²) in [6.07, 6.45) is 0.182. The molecule has 1 aliphatic heterocycles. The van der Waals surface area contributed by atoms with Crippen molar-refractivity contribution in [1.82, 2.24) is 5.32 Å². The lowest BCUT2D eigenvalue weighted by atomic mass is 10.1. The maximum atomic E-state index is 14.1. The summed E-state index contributed by atoms with van der Waals surface area (Å²) in [5.74, 6) is -2.39. The lowest BCUT2D eigenvalue weighted by Gasteiger charge is -2.29. The molecule has 0 bridgehead atoms. The number of carboxylic acids is 1. The van der Waals surface area contributed by atoms with Crippen LogP contribution < -0.4 is 20.3 Å². The minimum absolute atomic E-state index is 0.0753. The maximum Gasteiger partial charge on any atom is 0.326 e. The third kappa shape index (κ3) is 4.65. The summed E-state index contributed by atoms with van der Waals surface area (Å²) < 4.78 is 19.7. The fourth-order valence-corrected chi connectivity index (χ4v) is 4.18. The van der Waals surface area contributed by atoms with Crippen LogP contribution in [-0.2, 0) is 11.2 Å². The first-order valence-electron chi connectivity index (χ1n) is 9.99. The second kappa shape index (κ2) is 9.29. The van der Waals surface area contributed by atoms with Crippen LogP contribution in [0.15, 0.2) is 53.9 Å². The second-order valence-corrected chi connectivity index (χ2v) is 8.31. The van der Waals surface area contributed by atoms with Gasteiger partial charge in [-0.25, -0.2) is 9.18 Å². The van der Waals surface area contributed by atoms with Gasteiger partial charge < -0.3 is 20.5 Å². The molecule has 0 fully saturated rings. The van der Waals surface area contributed by atoms with Crippen LogP contribution in [0.1, 0.15) is 25.6 Å². The molecule has 33 heavy (non-hydrogen) atoms. The predicted octanol–water partition coefficient (Wildman–Crippen LogP) is 3.35. The monoisotopic (exact) mass is 469 g/mol. The molecule has 1 unspecified atom stereocenters. The summed E-state index contributed by atoms with van der Waals surface area (Å²) in [5.41, 5.74) is 1.02. The second-order valence-electron chi connectivity index (χ2n) is 7.28. The van der Waals surface area contributed by atoms with Gasteiger partial charge in [-0.3, -0.25) is 14.5 Å². The molecule has 2 amide bonds. The highest BCUT2D eigenvalue weighted by molar-refractivity contribution is 7.09. The van der Waals surface area contributed by atoms with Gasteiger partial charge in [-0.15, -0.1) is 11.3 Å². The molecule has 1 aromatic heterocycles. The van der Waals surface area contributed by atoms with E-state index in [-0.39, 0.29) is 35.7 Å². The van der Waals surface area contributed by atoms with E-state index in [0.29, 0.717) is 5.69 Å². The Labute approximate surface area is 192 Å². The van der Waals surface area contributed by atoms with E-state index >= 15 is 0 Å². The van der Waals surface area contributed by atoms with Crippen LogP contribution in [0.25, 0.3) is 0 Å². The van der Waals surface area contributed by atoms with Crippen LogP contribution in [0.3, 0.4) is 0 Å². The highest BCUT2D eigenvalue weighted by Crippen LogP contribution is 2.32. The molecule has 3 aromatic rings. The zero-order valence-corrected chi connectivity index (χ0v) is 18.3. The van der Waals surface area contributed by atoms with Gasteiger partial charge in [-0.05, 0) is 41.8 Å². The molecule has 2 aromatic carbocycles. The Kier molecular flexibility index (Phi) is 6.27. The fourth-order valence-electron chi connectivity index (χ4n) is 3.43. The van der Waals surface area contributed by atoms with Crippen molar-refractivity contribution in [1.29, 1.82) is 0 Å². The number of anilines is 2. The molecule has 4 rings (SSSR count). The van der Waals surface area contributed by atoms with E-state index in [1.54, 1.807) is 19.2 Å². The number of fused-ring (bicyclic) bond motifs is 1. The Morgan fingerprint density at radius 2 is 2.00 bits per heavy atom. The number of benzene rings is 2. The van der Waals surface area contributed by atoms with E-state index in [1.165, 1.54) is 34.4 Å². The summed E-state index contributed by atoms with van der Waals surface area (Å²) in [6, 6.07) is 11.2. The van der Waals surface area contributed by atoms with Crippen LogP contribution in [0.5, 0.6) is 5.75 Å². The van der Waals surface area contributed by atoms with Crippen molar-refractivity contribution in [2.24, 2.45) is 0 Å². The van der Waals surface area contributed by atoms with Crippen molar-refractivity contribution in [3.63, 3.8) is 0 Å². The minimum Gasteiger partial charge on any atom is -0.480 e. The zero-order chi connectivity index (χ0) is 23.5. The normalized spacial score (nSPS) is 13.6. The van der Waals surface area contributed by atoms with Crippen LogP contribution in [0.2, 0.25) is 0 Å². The van der Waals surface area contributed by atoms with Crippen molar-refractivity contribution in [2.75, 3.05) is 24.0 Å². The van der Waals surface area contributed by atoms with Crippen molar-refractivity contribution in [3.05, 3.63) is 75.7 Å². The summed E-state index contributed by atoms with van der Waals surface area (Å²) >= 11 is 1.42. The lowest BCUT2D eigenvalue weighted by molar-refractivity contribution is -0.139. The van der Waals surface area contributed by atoms with Crippen LogP contribution in [0, 0.1) is 5.82 Å². The molecule has 0 spiro atoms. The van der Waals surface area contributed by atoms with Crippen molar-refractivity contribution >= 4 is 40.5 Å². The van der Waals surface area contributed by atoms with Gasteiger partial charge in [0.05, 0.1) is 11.3 Å². The largest absolute Gasteiger partial charge is 0.480 e. The topological polar surface area (TPSA) is 108 Å². The Bertz CT molecular complexity index is 1200. The predicted molar refractivity (Wildman–Crippen MR) is 122 cm³/mol.